The molecule has 29 heavy (non-hydrogen) atoms. The quantitative estimate of drug-likeness (QED) is 0.267. The van der Waals surface area contributed by atoms with Crippen LogP contribution in [-0.4, -0.2) is 43.3 Å². The van der Waals surface area contributed by atoms with Gasteiger partial charge in [-0.1, -0.05) is 48.5 Å². The monoisotopic (exact) mass is 524 g/mol. The first-order valence-electron chi connectivity index (χ1n) is 9.68. The van der Waals surface area contributed by atoms with E-state index in [1.54, 1.807) is 7.05 Å². The van der Waals surface area contributed by atoms with Crippen LogP contribution >= 0.6 is 35.7 Å². The molecule has 2 aromatic rings. The molecule has 1 amide bonds. The number of amides is 1. The molecule has 0 spiro atoms. The van der Waals surface area contributed by atoms with E-state index in [1.807, 2.05) is 36.0 Å². The summed E-state index contributed by atoms with van der Waals surface area (Å²) in [6, 6.07) is 20.6. The molecule has 5 nitrogen and oxygen atoms in total. The topological polar surface area (TPSA) is 65.5 Å². The fourth-order valence-corrected chi connectivity index (χ4v) is 4.12. The van der Waals surface area contributed by atoms with E-state index in [0.29, 0.717) is 12.5 Å². The number of nitrogens with zero attached hydrogens (tertiary/aromatic N) is 1. The van der Waals surface area contributed by atoms with E-state index in [1.165, 1.54) is 23.3 Å². The van der Waals surface area contributed by atoms with Crippen LogP contribution in [0.15, 0.2) is 70.6 Å². The second-order valence-corrected chi connectivity index (χ2v) is 8.50. The lowest BCUT2D eigenvalue weighted by atomic mass is 10.1. The number of thioether (sulfide) groups is 1. The molecule has 1 saturated carbocycles. The van der Waals surface area contributed by atoms with Crippen molar-refractivity contribution in [1.82, 2.24) is 16.0 Å². The van der Waals surface area contributed by atoms with E-state index in [9.17, 15) is 4.79 Å². The number of carbonyl (C=O) groups is 1. The van der Waals surface area contributed by atoms with Crippen LogP contribution < -0.4 is 16.0 Å². The van der Waals surface area contributed by atoms with Crippen molar-refractivity contribution in [2.45, 2.75) is 28.9 Å². The molecule has 0 radical (unpaired) electrons. The lowest BCUT2D eigenvalue weighted by Gasteiger charge is -2.18. The van der Waals surface area contributed by atoms with Crippen LogP contribution in [0.5, 0.6) is 0 Å². The van der Waals surface area contributed by atoms with E-state index in [-0.39, 0.29) is 41.2 Å². The number of guanidine groups is 1. The van der Waals surface area contributed by atoms with E-state index < -0.39 is 0 Å². The van der Waals surface area contributed by atoms with Crippen molar-refractivity contribution in [3.05, 3.63) is 66.2 Å². The third kappa shape index (κ3) is 8.26. The number of halogens is 1. The molecule has 3 N–H and O–H groups in total. The summed E-state index contributed by atoms with van der Waals surface area (Å²) in [6.45, 7) is 1.68. The molecule has 0 heterocycles. The Labute approximate surface area is 194 Å². The minimum absolute atomic E-state index is 0. The highest BCUT2D eigenvalue weighted by Crippen LogP contribution is 2.51. The zero-order valence-electron chi connectivity index (χ0n) is 16.7. The van der Waals surface area contributed by atoms with Crippen molar-refractivity contribution in [3.63, 3.8) is 0 Å². The maximum absolute atomic E-state index is 12.0. The van der Waals surface area contributed by atoms with Gasteiger partial charge in [-0.25, -0.2) is 0 Å². The van der Waals surface area contributed by atoms with Gasteiger partial charge < -0.3 is 16.0 Å². The molecule has 1 fully saturated rings. The Morgan fingerprint density at radius 1 is 1.00 bits per heavy atom. The molecule has 0 saturated heterocycles. The number of nitrogens with one attached hydrogen (secondary N) is 3. The second-order valence-electron chi connectivity index (χ2n) is 6.96. The molecule has 0 unspecified atom stereocenters. The molecule has 0 bridgehead atoms. The van der Waals surface area contributed by atoms with Gasteiger partial charge in [0.15, 0.2) is 5.96 Å². The molecule has 0 atom stereocenters. The summed E-state index contributed by atoms with van der Waals surface area (Å²) < 4.78 is 0.233. The van der Waals surface area contributed by atoms with Crippen molar-refractivity contribution >= 4 is 47.6 Å². The van der Waals surface area contributed by atoms with E-state index in [2.05, 4.69) is 57.3 Å². The number of hydrogen-bond donors (Lipinski definition) is 3. The second kappa shape index (κ2) is 12.1. The molecule has 156 valence electrons. The van der Waals surface area contributed by atoms with Crippen LogP contribution in [0.3, 0.4) is 0 Å². The number of carbonyl (C=O) groups excluding carboxylic acids is 1. The van der Waals surface area contributed by atoms with Crippen molar-refractivity contribution in [3.8, 4) is 0 Å². The number of hydrogen-bond acceptors (Lipinski definition) is 3. The summed E-state index contributed by atoms with van der Waals surface area (Å²) in [5, 5.41) is 9.41. The number of aliphatic imine (C=N–C) groups is 1. The summed E-state index contributed by atoms with van der Waals surface area (Å²) in [5.74, 6) is 0.636. The lowest BCUT2D eigenvalue weighted by Crippen LogP contribution is -2.45. The number of benzene rings is 2. The first-order valence-corrected chi connectivity index (χ1v) is 10.5. The molecule has 0 aliphatic heterocycles. The first-order chi connectivity index (χ1) is 13.7. The van der Waals surface area contributed by atoms with Gasteiger partial charge in [-0.3, -0.25) is 9.79 Å². The van der Waals surface area contributed by atoms with Crippen molar-refractivity contribution in [2.24, 2.45) is 4.99 Å². The van der Waals surface area contributed by atoms with Gasteiger partial charge in [-0.05, 0) is 37.0 Å². The average Bonchev–Trinajstić information content (AvgIpc) is 3.49. The predicted molar refractivity (Wildman–Crippen MR) is 132 cm³/mol. The standard InChI is InChI=1S/C22H28N4OS.HI/c1-23-21(25-16-20(27)24-15-12-18-8-4-2-5-9-18)26-17-22(13-14-22)28-19-10-6-3-7-11-19;/h2-11H,12-17H2,1H3,(H,24,27)(H2,23,25,26);1H. The molecule has 3 rings (SSSR count). The van der Waals surface area contributed by atoms with E-state index >= 15 is 0 Å². The Balaban J connectivity index is 0.00000300. The Kier molecular flexibility index (Phi) is 9.80. The van der Waals surface area contributed by atoms with Gasteiger partial charge in [-0.15, -0.1) is 35.7 Å². The van der Waals surface area contributed by atoms with Crippen LogP contribution in [0.2, 0.25) is 0 Å². The van der Waals surface area contributed by atoms with Gasteiger partial charge in [0.05, 0.1) is 6.54 Å². The molecular formula is C22H29IN4OS. The summed E-state index contributed by atoms with van der Waals surface area (Å²) in [6.07, 6.45) is 3.21. The maximum Gasteiger partial charge on any atom is 0.239 e. The first kappa shape index (κ1) is 23.5. The third-order valence-electron chi connectivity index (χ3n) is 4.68. The molecular weight excluding hydrogens is 495 g/mol. The highest BCUT2D eigenvalue weighted by Gasteiger charge is 2.43. The number of rotatable bonds is 9. The molecule has 1 aliphatic rings. The molecule has 1 aliphatic carbocycles. The van der Waals surface area contributed by atoms with Gasteiger partial charge in [0.2, 0.25) is 5.91 Å². The predicted octanol–water partition coefficient (Wildman–Crippen LogP) is 3.45. The lowest BCUT2D eigenvalue weighted by molar-refractivity contribution is -0.119. The van der Waals surface area contributed by atoms with Crippen molar-refractivity contribution < 1.29 is 4.79 Å². The zero-order valence-corrected chi connectivity index (χ0v) is 19.8. The highest BCUT2D eigenvalue weighted by atomic mass is 127. The van der Waals surface area contributed by atoms with Gasteiger partial charge >= 0.3 is 0 Å². The smallest absolute Gasteiger partial charge is 0.239 e. The Hall–Kier alpha value is -1.74. The fraction of sp³-hybridized carbons (Fsp3) is 0.364. The Bertz CT molecular complexity index is 782. The van der Waals surface area contributed by atoms with E-state index in [0.717, 1.165) is 13.0 Å². The third-order valence-corrected chi connectivity index (χ3v) is 6.18. The maximum atomic E-state index is 12.0. The minimum atomic E-state index is -0.0290. The SMILES string of the molecule is CN=C(NCC(=O)NCCc1ccccc1)NCC1(Sc2ccccc2)CC1.I. The van der Waals surface area contributed by atoms with Crippen LogP contribution in [0, 0.1) is 0 Å². The largest absolute Gasteiger partial charge is 0.355 e. The van der Waals surface area contributed by atoms with Crippen LogP contribution in [-0.2, 0) is 11.2 Å². The minimum Gasteiger partial charge on any atom is -0.355 e. The molecule has 0 aromatic heterocycles. The Morgan fingerprint density at radius 2 is 1.66 bits per heavy atom. The molecule has 7 heteroatoms. The van der Waals surface area contributed by atoms with Crippen LogP contribution in [0.25, 0.3) is 0 Å². The van der Waals surface area contributed by atoms with Gasteiger partial charge in [0.25, 0.3) is 0 Å². The summed E-state index contributed by atoms with van der Waals surface area (Å²) >= 11 is 1.92. The zero-order chi connectivity index (χ0) is 19.7. The average molecular weight is 524 g/mol. The highest BCUT2D eigenvalue weighted by molar-refractivity contribution is 14.0. The van der Waals surface area contributed by atoms with Gasteiger partial charge in [0, 0.05) is 29.8 Å². The summed E-state index contributed by atoms with van der Waals surface area (Å²) in [4.78, 5) is 17.6. The van der Waals surface area contributed by atoms with Crippen LogP contribution in [0.1, 0.15) is 18.4 Å². The summed E-state index contributed by atoms with van der Waals surface area (Å²) in [5.41, 5.74) is 1.22. The van der Waals surface area contributed by atoms with Crippen LogP contribution in [0.4, 0.5) is 0 Å². The Morgan fingerprint density at radius 3 is 2.28 bits per heavy atom. The fourth-order valence-electron chi connectivity index (χ4n) is 2.88. The normalized spacial score (nSPS) is 14.4. The molecule has 2 aromatic carbocycles. The van der Waals surface area contributed by atoms with Crippen molar-refractivity contribution in [1.29, 1.82) is 0 Å². The van der Waals surface area contributed by atoms with Crippen molar-refractivity contribution in [2.75, 3.05) is 26.7 Å². The van der Waals surface area contributed by atoms with Gasteiger partial charge in [0.1, 0.15) is 0 Å². The van der Waals surface area contributed by atoms with Gasteiger partial charge in [-0.2, -0.15) is 0 Å². The van der Waals surface area contributed by atoms with E-state index in [4.69, 9.17) is 0 Å². The summed E-state index contributed by atoms with van der Waals surface area (Å²) in [7, 11) is 1.73.